The maximum Gasteiger partial charge on any atom is 0.269 e. The minimum absolute atomic E-state index is 0.285. The summed E-state index contributed by atoms with van der Waals surface area (Å²) in [4.78, 5) is 14.1. The van der Waals surface area contributed by atoms with Crippen LogP contribution in [0.4, 0.5) is 0 Å². The first-order chi connectivity index (χ1) is 12.1. The smallest absolute Gasteiger partial charge is 0.269 e. The molecule has 0 bridgehead atoms. The number of thiocarbonyl (C=S) groups is 1. The number of carbonyl (C=O) groups excluding carboxylic acids is 1. The van der Waals surface area contributed by atoms with Crippen molar-refractivity contribution < 1.29 is 4.79 Å². The van der Waals surface area contributed by atoms with Gasteiger partial charge in [-0.2, -0.15) is 0 Å². The van der Waals surface area contributed by atoms with Gasteiger partial charge in [0.05, 0.1) is 5.02 Å². The lowest BCUT2D eigenvalue weighted by Gasteiger charge is -2.09. The number of hydrogen-bond donors (Lipinski definition) is 2. The van der Waals surface area contributed by atoms with Crippen molar-refractivity contribution in [3.8, 4) is 0 Å². The van der Waals surface area contributed by atoms with Crippen molar-refractivity contribution in [3.63, 3.8) is 0 Å². The second-order valence-electron chi connectivity index (χ2n) is 5.23. The molecule has 0 atom stereocenters. The molecule has 128 valence electrons. The van der Waals surface area contributed by atoms with Gasteiger partial charge in [0.15, 0.2) is 5.11 Å². The van der Waals surface area contributed by atoms with Crippen LogP contribution in [-0.4, -0.2) is 17.3 Å². The molecule has 3 rings (SSSR count). The highest BCUT2D eigenvalue weighted by Gasteiger charge is 2.17. The number of rotatable bonds is 4. The Morgan fingerprint density at radius 2 is 1.92 bits per heavy atom. The molecular formula is C18H15ClN2OS3. The van der Waals surface area contributed by atoms with Crippen molar-refractivity contribution in [3.05, 3.63) is 64.0 Å². The molecule has 7 heteroatoms. The number of carbonyl (C=O) groups is 1. The Balaban J connectivity index is 1.61. The van der Waals surface area contributed by atoms with Crippen LogP contribution < -0.4 is 10.6 Å². The molecule has 0 spiro atoms. The van der Waals surface area contributed by atoms with Gasteiger partial charge in [0.1, 0.15) is 4.88 Å². The molecule has 0 aliphatic rings. The second kappa shape index (κ2) is 8.19. The van der Waals surface area contributed by atoms with E-state index >= 15 is 0 Å². The first-order valence-electron chi connectivity index (χ1n) is 7.47. The molecule has 0 radical (unpaired) electrons. The van der Waals surface area contributed by atoms with Crippen LogP contribution in [0.3, 0.4) is 0 Å². The number of hydrogen-bond acceptors (Lipinski definition) is 4. The first kappa shape index (κ1) is 18.2. The Morgan fingerprint density at radius 3 is 2.60 bits per heavy atom. The van der Waals surface area contributed by atoms with Crippen molar-refractivity contribution >= 4 is 68.0 Å². The topological polar surface area (TPSA) is 41.1 Å². The van der Waals surface area contributed by atoms with Crippen LogP contribution in [0.5, 0.6) is 0 Å². The Labute approximate surface area is 164 Å². The number of fused-ring (bicyclic) bond motifs is 1. The van der Waals surface area contributed by atoms with E-state index in [9.17, 15) is 4.79 Å². The summed E-state index contributed by atoms with van der Waals surface area (Å²) in [6.45, 7) is 0.550. The fourth-order valence-electron chi connectivity index (χ4n) is 2.29. The average Bonchev–Trinajstić information content (AvgIpc) is 2.98. The number of nitrogens with one attached hydrogen (secondary N) is 2. The number of thiophene rings is 1. The van der Waals surface area contributed by atoms with Gasteiger partial charge in [-0.15, -0.1) is 23.1 Å². The van der Waals surface area contributed by atoms with E-state index in [0.29, 0.717) is 16.4 Å². The summed E-state index contributed by atoms with van der Waals surface area (Å²) >= 11 is 14.6. The molecule has 0 unspecified atom stereocenters. The third kappa shape index (κ3) is 4.33. The van der Waals surface area contributed by atoms with E-state index in [4.69, 9.17) is 23.8 Å². The fraction of sp³-hybridized carbons (Fsp3) is 0.111. The van der Waals surface area contributed by atoms with Crippen LogP contribution >= 0.6 is 46.9 Å². The second-order valence-corrected chi connectivity index (χ2v) is 7.94. The minimum Gasteiger partial charge on any atom is -0.358 e. The van der Waals surface area contributed by atoms with E-state index in [1.165, 1.54) is 16.2 Å². The molecular weight excluding hydrogens is 392 g/mol. The third-order valence-corrected chi connectivity index (χ3v) is 6.24. The highest BCUT2D eigenvalue weighted by molar-refractivity contribution is 7.98. The van der Waals surface area contributed by atoms with Gasteiger partial charge in [-0.25, -0.2) is 0 Å². The van der Waals surface area contributed by atoms with Crippen molar-refractivity contribution in [2.24, 2.45) is 0 Å². The number of thioether (sulfide) groups is 1. The molecule has 1 amide bonds. The van der Waals surface area contributed by atoms with Crippen LogP contribution in [-0.2, 0) is 6.54 Å². The third-order valence-electron chi connectivity index (χ3n) is 3.58. The lowest BCUT2D eigenvalue weighted by atomic mass is 10.2. The van der Waals surface area contributed by atoms with Gasteiger partial charge in [-0.3, -0.25) is 10.1 Å². The van der Waals surface area contributed by atoms with Crippen molar-refractivity contribution in [1.29, 1.82) is 0 Å². The fourth-order valence-corrected chi connectivity index (χ4v) is 4.28. The molecule has 3 aromatic rings. The lowest BCUT2D eigenvalue weighted by molar-refractivity contribution is 0.0981. The minimum atomic E-state index is -0.290. The molecule has 3 nitrogen and oxygen atoms in total. The van der Waals surface area contributed by atoms with E-state index in [2.05, 4.69) is 22.8 Å². The predicted molar refractivity (Wildman–Crippen MR) is 112 cm³/mol. The molecule has 0 saturated heterocycles. The number of amides is 1. The summed E-state index contributed by atoms with van der Waals surface area (Å²) in [6, 6.07) is 15.8. The number of benzene rings is 2. The van der Waals surface area contributed by atoms with Crippen LogP contribution in [0.25, 0.3) is 10.1 Å². The van der Waals surface area contributed by atoms with E-state index < -0.39 is 0 Å². The van der Waals surface area contributed by atoms with Crippen molar-refractivity contribution in [2.45, 2.75) is 11.4 Å². The SMILES string of the molecule is CSc1ccc(CNC(=S)NC(=O)c2sc3ccccc3c2Cl)cc1. The molecule has 0 aliphatic carbocycles. The molecule has 0 saturated carbocycles. The van der Waals surface area contributed by atoms with Crippen LogP contribution in [0, 0.1) is 0 Å². The van der Waals surface area contributed by atoms with E-state index in [0.717, 1.165) is 15.6 Å². The summed E-state index contributed by atoms with van der Waals surface area (Å²) in [6.07, 6.45) is 2.04. The summed E-state index contributed by atoms with van der Waals surface area (Å²) in [7, 11) is 0. The molecule has 2 N–H and O–H groups in total. The van der Waals surface area contributed by atoms with Gasteiger partial charge in [-0.1, -0.05) is 41.9 Å². The van der Waals surface area contributed by atoms with Gasteiger partial charge in [0.2, 0.25) is 0 Å². The highest BCUT2D eigenvalue weighted by Crippen LogP contribution is 2.34. The van der Waals surface area contributed by atoms with Gasteiger partial charge in [0.25, 0.3) is 5.91 Å². The van der Waals surface area contributed by atoms with Gasteiger partial charge in [-0.05, 0) is 42.2 Å². The summed E-state index contributed by atoms with van der Waals surface area (Å²) in [5.74, 6) is -0.290. The van der Waals surface area contributed by atoms with Crippen molar-refractivity contribution in [2.75, 3.05) is 6.26 Å². The molecule has 1 aromatic heterocycles. The summed E-state index contributed by atoms with van der Waals surface area (Å²) in [5, 5.41) is 7.37. The van der Waals surface area contributed by atoms with Crippen molar-refractivity contribution in [1.82, 2.24) is 10.6 Å². The molecule has 25 heavy (non-hydrogen) atoms. The Bertz CT molecular complexity index is 922. The quantitative estimate of drug-likeness (QED) is 0.468. The normalized spacial score (nSPS) is 10.6. The zero-order valence-electron chi connectivity index (χ0n) is 13.3. The number of halogens is 1. The summed E-state index contributed by atoms with van der Waals surface area (Å²) in [5.41, 5.74) is 1.09. The predicted octanol–water partition coefficient (Wildman–Crippen LogP) is 5.08. The Hall–Kier alpha value is -1.60. The zero-order valence-corrected chi connectivity index (χ0v) is 16.5. The van der Waals surface area contributed by atoms with Gasteiger partial charge < -0.3 is 5.32 Å². The van der Waals surface area contributed by atoms with Crippen LogP contribution in [0.15, 0.2) is 53.4 Å². The van der Waals surface area contributed by atoms with Crippen LogP contribution in [0.2, 0.25) is 5.02 Å². The maximum atomic E-state index is 12.4. The molecule has 0 aliphatic heterocycles. The highest BCUT2D eigenvalue weighted by atomic mass is 35.5. The van der Waals surface area contributed by atoms with Gasteiger partial charge in [0, 0.05) is 21.5 Å². The lowest BCUT2D eigenvalue weighted by Crippen LogP contribution is -2.38. The summed E-state index contributed by atoms with van der Waals surface area (Å²) < 4.78 is 0.977. The van der Waals surface area contributed by atoms with E-state index in [-0.39, 0.29) is 11.0 Å². The molecule has 2 aromatic carbocycles. The Morgan fingerprint density at radius 1 is 1.20 bits per heavy atom. The Kier molecular flexibility index (Phi) is 5.96. The van der Waals surface area contributed by atoms with E-state index in [1.54, 1.807) is 11.8 Å². The van der Waals surface area contributed by atoms with Crippen LogP contribution in [0.1, 0.15) is 15.2 Å². The monoisotopic (exact) mass is 406 g/mol. The van der Waals surface area contributed by atoms with Gasteiger partial charge >= 0.3 is 0 Å². The average molecular weight is 407 g/mol. The standard InChI is InChI=1S/C18H15ClN2OS3/c1-24-12-8-6-11(7-9-12)10-20-18(23)21-17(22)16-15(19)13-4-2-3-5-14(13)25-16/h2-9H,10H2,1H3,(H2,20,21,22,23). The maximum absolute atomic E-state index is 12.4. The molecule has 0 fully saturated rings. The largest absolute Gasteiger partial charge is 0.358 e. The zero-order chi connectivity index (χ0) is 17.8. The first-order valence-corrected chi connectivity index (χ1v) is 10.3. The van der Waals surface area contributed by atoms with E-state index in [1.807, 2.05) is 42.7 Å². The molecule has 1 heterocycles.